The molecule has 0 aliphatic heterocycles. The summed E-state index contributed by atoms with van der Waals surface area (Å²) in [7, 11) is 1.62. The smallest absolute Gasteiger partial charge is 0.260 e. The van der Waals surface area contributed by atoms with E-state index >= 15 is 0 Å². The van der Waals surface area contributed by atoms with Gasteiger partial charge in [-0.3, -0.25) is 9.78 Å². The lowest BCUT2D eigenvalue weighted by atomic mass is 10.2. The number of ether oxygens (including phenoxy) is 2. The Bertz CT molecular complexity index is 617. The summed E-state index contributed by atoms with van der Waals surface area (Å²) >= 11 is 0. The molecule has 2 rings (SSSR count). The Morgan fingerprint density at radius 2 is 1.91 bits per heavy atom. The standard InChI is InChI=1S/C18H22N2O3/c1-15-5-3-4-6-17(15)23-14-18(21)20(11-12-22-2)13-16-7-9-19-10-8-16/h3-10H,11-14H2,1-2H3. The lowest BCUT2D eigenvalue weighted by Crippen LogP contribution is -2.36. The van der Waals surface area contributed by atoms with Crippen molar-refractivity contribution in [2.75, 3.05) is 26.9 Å². The topological polar surface area (TPSA) is 51.7 Å². The number of hydrogen-bond acceptors (Lipinski definition) is 4. The molecule has 0 aliphatic carbocycles. The highest BCUT2D eigenvalue weighted by Gasteiger charge is 2.15. The van der Waals surface area contributed by atoms with Gasteiger partial charge in [0.15, 0.2) is 6.61 Å². The highest BCUT2D eigenvalue weighted by Crippen LogP contribution is 2.16. The summed E-state index contributed by atoms with van der Waals surface area (Å²) in [6.07, 6.45) is 3.44. The molecule has 1 aromatic carbocycles. The van der Waals surface area contributed by atoms with Gasteiger partial charge in [-0.2, -0.15) is 0 Å². The number of nitrogens with zero attached hydrogens (tertiary/aromatic N) is 2. The van der Waals surface area contributed by atoms with Gasteiger partial charge in [0.2, 0.25) is 0 Å². The molecule has 0 radical (unpaired) electrons. The minimum Gasteiger partial charge on any atom is -0.484 e. The molecule has 1 heterocycles. The molecule has 122 valence electrons. The van der Waals surface area contributed by atoms with Gasteiger partial charge in [-0.05, 0) is 36.2 Å². The molecule has 0 unspecified atom stereocenters. The second-order valence-corrected chi connectivity index (χ2v) is 5.22. The summed E-state index contributed by atoms with van der Waals surface area (Å²) < 4.78 is 10.7. The zero-order chi connectivity index (χ0) is 16.5. The first-order valence-corrected chi connectivity index (χ1v) is 7.54. The Balaban J connectivity index is 1.97. The highest BCUT2D eigenvalue weighted by atomic mass is 16.5. The van der Waals surface area contributed by atoms with Crippen molar-refractivity contribution in [3.05, 3.63) is 59.9 Å². The predicted molar refractivity (Wildman–Crippen MR) is 88.2 cm³/mol. The second-order valence-electron chi connectivity index (χ2n) is 5.22. The maximum Gasteiger partial charge on any atom is 0.260 e. The van der Waals surface area contributed by atoms with Crippen LogP contribution in [0.15, 0.2) is 48.8 Å². The Labute approximate surface area is 136 Å². The van der Waals surface area contributed by atoms with E-state index in [0.717, 1.165) is 16.9 Å². The Morgan fingerprint density at radius 1 is 1.17 bits per heavy atom. The van der Waals surface area contributed by atoms with Crippen molar-refractivity contribution in [2.24, 2.45) is 0 Å². The van der Waals surface area contributed by atoms with Crippen molar-refractivity contribution in [3.8, 4) is 5.75 Å². The van der Waals surface area contributed by atoms with E-state index in [4.69, 9.17) is 9.47 Å². The van der Waals surface area contributed by atoms with Crippen LogP contribution in [0.4, 0.5) is 0 Å². The molecule has 0 bridgehead atoms. The average Bonchev–Trinajstić information content (AvgIpc) is 2.58. The third kappa shape index (κ3) is 5.38. The molecule has 2 aromatic rings. The summed E-state index contributed by atoms with van der Waals surface area (Å²) in [5, 5.41) is 0. The fraction of sp³-hybridized carbons (Fsp3) is 0.333. The van der Waals surface area contributed by atoms with Gasteiger partial charge >= 0.3 is 0 Å². The summed E-state index contributed by atoms with van der Waals surface area (Å²) in [6, 6.07) is 11.5. The van der Waals surface area contributed by atoms with Crippen LogP contribution in [-0.2, 0) is 16.1 Å². The Morgan fingerprint density at radius 3 is 2.61 bits per heavy atom. The molecule has 0 saturated carbocycles. The molecule has 1 aromatic heterocycles. The van der Waals surface area contributed by atoms with Gasteiger partial charge in [0.25, 0.3) is 5.91 Å². The fourth-order valence-corrected chi connectivity index (χ4v) is 2.15. The molecule has 0 spiro atoms. The van der Waals surface area contributed by atoms with E-state index < -0.39 is 0 Å². The average molecular weight is 314 g/mol. The van der Waals surface area contributed by atoms with Gasteiger partial charge in [0, 0.05) is 32.6 Å². The maximum atomic E-state index is 12.5. The first-order valence-electron chi connectivity index (χ1n) is 7.54. The molecule has 1 amide bonds. The monoisotopic (exact) mass is 314 g/mol. The predicted octanol–water partition coefficient (Wildman–Crippen LogP) is 2.44. The van der Waals surface area contributed by atoms with Crippen molar-refractivity contribution >= 4 is 5.91 Å². The molecule has 5 heteroatoms. The Kier molecular flexibility index (Phi) is 6.56. The first kappa shape index (κ1) is 17.0. The number of aromatic nitrogens is 1. The van der Waals surface area contributed by atoms with Crippen LogP contribution < -0.4 is 4.74 Å². The minimum atomic E-state index is -0.0675. The quantitative estimate of drug-likeness (QED) is 0.751. The lowest BCUT2D eigenvalue weighted by Gasteiger charge is -2.22. The number of benzene rings is 1. The van der Waals surface area contributed by atoms with Gasteiger partial charge < -0.3 is 14.4 Å². The summed E-state index contributed by atoms with van der Waals surface area (Å²) in [5.41, 5.74) is 2.04. The number of hydrogen-bond donors (Lipinski definition) is 0. The number of rotatable bonds is 8. The molecule has 23 heavy (non-hydrogen) atoms. The van der Waals surface area contributed by atoms with Crippen LogP contribution in [0.1, 0.15) is 11.1 Å². The largest absolute Gasteiger partial charge is 0.484 e. The van der Waals surface area contributed by atoms with Gasteiger partial charge in [0.05, 0.1) is 6.61 Å². The molecule has 0 saturated heterocycles. The molecule has 0 fully saturated rings. The number of carbonyl (C=O) groups excluding carboxylic acids is 1. The normalized spacial score (nSPS) is 10.3. The van der Waals surface area contributed by atoms with E-state index in [1.54, 1.807) is 24.4 Å². The molecule has 0 aliphatic rings. The van der Waals surface area contributed by atoms with Crippen LogP contribution in [0.25, 0.3) is 0 Å². The third-order valence-corrected chi connectivity index (χ3v) is 3.49. The zero-order valence-electron chi connectivity index (χ0n) is 13.6. The highest BCUT2D eigenvalue weighted by molar-refractivity contribution is 5.77. The van der Waals surface area contributed by atoms with Crippen LogP contribution in [0.3, 0.4) is 0 Å². The second kappa shape index (κ2) is 8.90. The van der Waals surface area contributed by atoms with Gasteiger partial charge in [0.1, 0.15) is 5.75 Å². The van der Waals surface area contributed by atoms with E-state index in [2.05, 4.69) is 4.98 Å². The van der Waals surface area contributed by atoms with E-state index in [9.17, 15) is 4.79 Å². The number of methoxy groups -OCH3 is 1. The van der Waals surface area contributed by atoms with Crippen molar-refractivity contribution in [1.82, 2.24) is 9.88 Å². The molecule has 5 nitrogen and oxygen atoms in total. The first-order chi connectivity index (χ1) is 11.2. The van der Waals surface area contributed by atoms with Crippen LogP contribution in [0.2, 0.25) is 0 Å². The van der Waals surface area contributed by atoms with Crippen LogP contribution >= 0.6 is 0 Å². The van der Waals surface area contributed by atoms with Crippen molar-refractivity contribution in [1.29, 1.82) is 0 Å². The minimum absolute atomic E-state index is 0.0135. The molecular weight excluding hydrogens is 292 g/mol. The van der Waals surface area contributed by atoms with Crippen molar-refractivity contribution in [2.45, 2.75) is 13.5 Å². The zero-order valence-corrected chi connectivity index (χ0v) is 13.6. The Hall–Kier alpha value is -2.40. The molecule has 0 N–H and O–H groups in total. The maximum absolute atomic E-state index is 12.5. The molecular formula is C18H22N2O3. The van der Waals surface area contributed by atoms with E-state index in [1.165, 1.54) is 0 Å². The summed E-state index contributed by atoms with van der Waals surface area (Å²) in [6.45, 7) is 3.50. The number of para-hydroxylation sites is 1. The molecule has 0 atom stereocenters. The third-order valence-electron chi connectivity index (χ3n) is 3.49. The fourth-order valence-electron chi connectivity index (χ4n) is 2.15. The number of amides is 1. The van der Waals surface area contributed by atoms with Crippen molar-refractivity contribution in [3.63, 3.8) is 0 Å². The number of carbonyl (C=O) groups is 1. The van der Waals surface area contributed by atoms with Crippen LogP contribution in [0, 0.1) is 6.92 Å². The van der Waals surface area contributed by atoms with E-state index in [1.807, 2.05) is 43.3 Å². The van der Waals surface area contributed by atoms with Gasteiger partial charge in [-0.1, -0.05) is 18.2 Å². The number of pyridine rings is 1. The van der Waals surface area contributed by atoms with Crippen LogP contribution in [-0.4, -0.2) is 42.7 Å². The summed E-state index contributed by atoms with van der Waals surface area (Å²) in [5.74, 6) is 0.665. The summed E-state index contributed by atoms with van der Waals surface area (Å²) in [4.78, 5) is 18.2. The van der Waals surface area contributed by atoms with E-state index in [0.29, 0.717) is 19.7 Å². The van der Waals surface area contributed by atoms with Gasteiger partial charge in [-0.25, -0.2) is 0 Å². The lowest BCUT2D eigenvalue weighted by molar-refractivity contribution is -0.134. The van der Waals surface area contributed by atoms with Crippen LogP contribution in [0.5, 0.6) is 5.75 Å². The van der Waals surface area contributed by atoms with Crippen molar-refractivity contribution < 1.29 is 14.3 Å². The SMILES string of the molecule is COCCN(Cc1ccncc1)C(=O)COc1ccccc1C. The van der Waals surface area contributed by atoms with Gasteiger partial charge in [-0.15, -0.1) is 0 Å². The van der Waals surface area contributed by atoms with E-state index in [-0.39, 0.29) is 12.5 Å². The number of aryl methyl sites for hydroxylation is 1.